The van der Waals surface area contributed by atoms with Crippen molar-refractivity contribution in [1.82, 2.24) is 9.80 Å². The van der Waals surface area contributed by atoms with Crippen molar-refractivity contribution in [2.75, 3.05) is 49.5 Å². The van der Waals surface area contributed by atoms with E-state index in [2.05, 4.69) is 35.9 Å². The number of hydrogen-bond donors (Lipinski definition) is 1. The highest BCUT2D eigenvalue weighted by molar-refractivity contribution is 6.34. The zero-order chi connectivity index (χ0) is 22.7. The van der Waals surface area contributed by atoms with Gasteiger partial charge >= 0.3 is 6.03 Å². The Labute approximate surface area is 196 Å². The number of nitrogens with zero attached hydrogens (tertiary/aromatic N) is 3. The summed E-state index contributed by atoms with van der Waals surface area (Å²) in [5.74, 6) is 0.825. The van der Waals surface area contributed by atoms with Gasteiger partial charge < -0.3 is 19.9 Å². The van der Waals surface area contributed by atoms with Gasteiger partial charge in [-0.15, -0.1) is 0 Å². The van der Waals surface area contributed by atoms with Crippen LogP contribution in [0.4, 0.5) is 16.2 Å². The van der Waals surface area contributed by atoms with E-state index in [0.29, 0.717) is 29.8 Å². The number of para-hydroxylation sites is 2. The summed E-state index contributed by atoms with van der Waals surface area (Å²) >= 11 is 6.55. The van der Waals surface area contributed by atoms with Crippen LogP contribution in [-0.2, 0) is 0 Å². The second kappa shape index (κ2) is 9.59. The molecule has 0 saturated carbocycles. The zero-order valence-corrected chi connectivity index (χ0v) is 19.9. The van der Waals surface area contributed by atoms with Crippen LogP contribution in [0.2, 0.25) is 5.02 Å². The Morgan fingerprint density at radius 1 is 1.03 bits per heavy atom. The molecule has 0 spiro atoms. The molecule has 2 aliphatic heterocycles. The number of piperazine rings is 1. The molecule has 0 radical (unpaired) electrons. The Kier molecular flexibility index (Phi) is 6.82. The molecule has 2 aliphatic rings. The number of anilines is 2. The molecule has 0 aliphatic carbocycles. The number of likely N-dealkylation sites (tertiary alicyclic amines) is 1. The summed E-state index contributed by atoms with van der Waals surface area (Å²) in [4.78, 5) is 19.8. The third-order valence-electron chi connectivity index (χ3n) is 6.44. The van der Waals surface area contributed by atoms with Crippen LogP contribution in [0.1, 0.15) is 27.2 Å². The fraction of sp³-hybridized carbons (Fsp3) is 0.480. The third-order valence-corrected chi connectivity index (χ3v) is 6.75. The maximum absolute atomic E-state index is 13.2. The molecular formula is C25H33ClN4O2. The molecule has 1 atom stereocenters. The van der Waals surface area contributed by atoms with Crippen LogP contribution in [0.5, 0.6) is 5.75 Å². The van der Waals surface area contributed by atoms with Crippen LogP contribution in [-0.4, -0.2) is 66.7 Å². The lowest BCUT2D eigenvalue weighted by Crippen LogP contribution is -2.49. The fourth-order valence-corrected chi connectivity index (χ4v) is 4.75. The van der Waals surface area contributed by atoms with E-state index in [9.17, 15) is 4.79 Å². The van der Waals surface area contributed by atoms with Gasteiger partial charge in [0, 0.05) is 45.2 Å². The van der Waals surface area contributed by atoms with Gasteiger partial charge in [0.05, 0.1) is 22.9 Å². The molecule has 0 aromatic heterocycles. The fourth-order valence-electron chi connectivity index (χ4n) is 4.53. The van der Waals surface area contributed by atoms with Crippen molar-refractivity contribution in [3.8, 4) is 5.75 Å². The Morgan fingerprint density at radius 2 is 1.75 bits per heavy atom. The maximum atomic E-state index is 13.2. The van der Waals surface area contributed by atoms with Gasteiger partial charge in [-0.3, -0.25) is 4.90 Å². The number of carbonyl (C=O) groups excluding carboxylic acids is 1. The number of halogens is 1. The van der Waals surface area contributed by atoms with Crippen LogP contribution in [0, 0.1) is 0 Å². The lowest BCUT2D eigenvalue weighted by atomic mass is 10.1. The number of carbonyl (C=O) groups is 1. The predicted octanol–water partition coefficient (Wildman–Crippen LogP) is 4.95. The summed E-state index contributed by atoms with van der Waals surface area (Å²) in [6.07, 6.45) is 0.780. The topological polar surface area (TPSA) is 48.0 Å². The molecule has 2 amide bonds. The van der Waals surface area contributed by atoms with Crippen molar-refractivity contribution in [3.05, 3.63) is 53.6 Å². The Balaban J connectivity index is 1.43. The first kappa shape index (κ1) is 22.7. The van der Waals surface area contributed by atoms with Crippen molar-refractivity contribution < 1.29 is 9.53 Å². The van der Waals surface area contributed by atoms with Crippen LogP contribution < -0.4 is 15.0 Å². The molecule has 2 saturated heterocycles. The second-order valence-corrected chi connectivity index (χ2v) is 9.62. The molecule has 2 fully saturated rings. The van der Waals surface area contributed by atoms with Gasteiger partial charge in [0.1, 0.15) is 11.4 Å². The van der Waals surface area contributed by atoms with Crippen molar-refractivity contribution in [2.24, 2.45) is 0 Å². The first-order valence-electron chi connectivity index (χ1n) is 11.4. The van der Waals surface area contributed by atoms with E-state index in [4.69, 9.17) is 16.3 Å². The lowest BCUT2D eigenvalue weighted by molar-refractivity contribution is 0.100. The molecule has 6 nitrogen and oxygen atoms in total. The standard InChI is InChI=1S/C25H33ClN4O2/c1-19(2)28-14-16-29(17-15-28)22-11-7-10-21(26)23(22)27-24(31)30-13-12-25(3,18-30)32-20-8-5-4-6-9-20/h4-11,19H,12-18H2,1-3H3,(H,27,31). The van der Waals surface area contributed by atoms with E-state index in [0.717, 1.165) is 44.0 Å². The number of benzene rings is 2. The van der Waals surface area contributed by atoms with Gasteiger partial charge in [-0.1, -0.05) is 35.9 Å². The van der Waals surface area contributed by atoms with Crippen LogP contribution in [0.25, 0.3) is 0 Å². The van der Waals surface area contributed by atoms with Crippen molar-refractivity contribution in [1.29, 1.82) is 0 Å². The van der Waals surface area contributed by atoms with Gasteiger partial charge in [0.25, 0.3) is 0 Å². The molecule has 1 unspecified atom stereocenters. The first-order valence-corrected chi connectivity index (χ1v) is 11.8. The zero-order valence-electron chi connectivity index (χ0n) is 19.2. The summed E-state index contributed by atoms with van der Waals surface area (Å²) in [6, 6.07) is 16.0. The van der Waals surface area contributed by atoms with Gasteiger partial charge in [-0.25, -0.2) is 4.79 Å². The summed E-state index contributed by atoms with van der Waals surface area (Å²) in [7, 11) is 0. The molecule has 2 aromatic rings. The molecule has 172 valence electrons. The SMILES string of the molecule is CC(C)N1CCN(c2cccc(Cl)c2NC(=O)N2CCC(C)(Oc3ccccc3)C2)CC1. The molecule has 7 heteroatoms. The van der Waals surface area contributed by atoms with E-state index in [1.165, 1.54) is 0 Å². The van der Waals surface area contributed by atoms with Gasteiger partial charge in [-0.05, 0) is 45.0 Å². The highest BCUT2D eigenvalue weighted by Crippen LogP contribution is 2.35. The normalized spacial score (nSPS) is 21.8. The van der Waals surface area contributed by atoms with Gasteiger partial charge in [-0.2, -0.15) is 0 Å². The first-order chi connectivity index (χ1) is 15.3. The van der Waals surface area contributed by atoms with Crippen molar-refractivity contribution in [2.45, 2.75) is 38.8 Å². The number of rotatable bonds is 5. The smallest absolute Gasteiger partial charge is 0.322 e. The Morgan fingerprint density at radius 3 is 2.44 bits per heavy atom. The number of nitrogens with one attached hydrogen (secondary N) is 1. The number of urea groups is 1. The van der Waals surface area contributed by atoms with Crippen molar-refractivity contribution >= 4 is 29.0 Å². The summed E-state index contributed by atoms with van der Waals surface area (Å²) in [5.41, 5.74) is 1.27. The highest BCUT2D eigenvalue weighted by atomic mass is 35.5. The highest BCUT2D eigenvalue weighted by Gasteiger charge is 2.38. The number of ether oxygens (including phenoxy) is 1. The van der Waals surface area contributed by atoms with Gasteiger partial charge in [0.2, 0.25) is 0 Å². The minimum absolute atomic E-state index is 0.138. The van der Waals surface area contributed by atoms with Crippen LogP contribution in [0.15, 0.2) is 48.5 Å². The monoisotopic (exact) mass is 456 g/mol. The minimum atomic E-state index is -0.408. The van der Waals surface area contributed by atoms with E-state index < -0.39 is 5.60 Å². The van der Waals surface area contributed by atoms with Crippen molar-refractivity contribution in [3.63, 3.8) is 0 Å². The molecule has 0 bridgehead atoms. The van der Waals surface area contributed by atoms with E-state index in [1.807, 2.05) is 53.4 Å². The molecule has 32 heavy (non-hydrogen) atoms. The largest absolute Gasteiger partial charge is 0.486 e. The molecule has 2 heterocycles. The molecule has 4 rings (SSSR count). The number of hydrogen-bond acceptors (Lipinski definition) is 4. The molecule has 2 aromatic carbocycles. The van der Waals surface area contributed by atoms with E-state index >= 15 is 0 Å². The Bertz CT molecular complexity index is 931. The predicted molar refractivity (Wildman–Crippen MR) is 131 cm³/mol. The van der Waals surface area contributed by atoms with E-state index in [1.54, 1.807) is 0 Å². The summed E-state index contributed by atoms with van der Waals surface area (Å²) in [6.45, 7) is 11.5. The maximum Gasteiger partial charge on any atom is 0.322 e. The average molecular weight is 457 g/mol. The number of amides is 2. The molecule has 1 N–H and O–H groups in total. The van der Waals surface area contributed by atoms with Crippen LogP contribution in [0.3, 0.4) is 0 Å². The second-order valence-electron chi connectivity index (χ2n) is 9.22. The minimum Gasteiger partial charge on any atom is -0.486 e. The Hall–Kier alpha value is -2.44. The summed E-state index contributed by atoms with van der Waals surface area (Å²) < 4.78 is 6.20. The third kappa shape index (κ3) is 5.13. The molecular weight excluding hydrogens is 424 g/mol. The van der Waals surface area contributed by atoms with Crippen LogP contribution >= 0.6 is 11.6 Å². The summed E-state index contributed by atoms with van der Waals surface area (Å²) in [5, 5.41) is 3.66. The average Bonchev–Trinajstić information content (AvgIpc) is 3.17. The van der Waals surface area contributed by atoms with Gasteiger partial charge in [0.15, 0.2) is 0 Å². The van der Waals surface area contributed by atoms with E-state index in [-0.39, 0.29) is 6.03 Å². The lowest BCUT2D eigenvalue weighted by Gasteiger charge is -2.39. The quantitative estimate of drug-likeness (QED) is 0.691.